The van der Waals surface area contributed by atoms with Gasteiger partial charge in [0.05, 0.1) is 0 Å². The van der Waals surface area contributed by atoms with Gasteiger partial charge in [-0.3, -0.25) is 9.59 Å². The fourth-order valence-corrected chi connectivity index (χ4v) is 3.51. The number of para-hydroxylation sites is 1. The smallest absolute Gasteiger partial charge is 0.260 e. The zero-order valence-electron chi connectivity index (χ0n) is 14.1. The number of rotatable bonds is 6. The highest BCUT2D eigenvalue weighted by atomic mass is 35.5. The second kappa shape index (κ2) is 8.38. The molecule has 7 heteroatoms. The molecule has 0 fully saturated rings. The average molecular weight is 389 g/mol. The summed E-state index contributed by atoms with van der Waals surface area (Å²) in [5.41, 5.74) is 1.54. The SMILES string of the molecule is Cc1ccc(NC(=O)C[C@H]2SC(COc3ccccc3)=NC2=O)cc1Cl. The number of nitrogens with zero attached hydrogens (tertiary/aromatic N) is 1. The van der Waals surface area contributed by atoms with E-state index in [9.17, 15) is 9.59 Å². The Morgan fingerprint density at radius 2 is 2.04 bits per heavy atom. The van der Waals surface area contributed by atoms with Crippen LogP contribution >= 0.6 is 23.4 Å². The van der Waals surface area contributed by atoms with E-state index in [0.717, 1.165) is 5.56 Å². The number of aryl methyl sites for hydroxylation is 1. The minimum atomic E-state index is -0.523. The molecule has 0 radical (unpaired) electrons. The van der Waals surface area contributed by atoms with Gasteiger partial charge >= 0.3 is 0 Å². The number of carbonyl (C=O) groups is 2. The summed E-state index contributed by atoms with van der Waals surface area (Å²) in [5.74, 6) is 0.149. The molecule has 0 bridgehead atoms. The van der Waals surface area contributed by atoms with Crippen LogP contribution in [-0.2, 0) is 9.59 Å². The molecule has 0 saturated heterocycles. The van der Waals surface area contributed by atoms with E-state index in [-0.39, 0.29) is 24.8 Å². The van der Waals surface area contributed by atoms with E-state index < -0.39 is 5.25 Å². The van der Waals surface area contributed by atoms with E-state index in [1.54, 1.807) is 12.1 Å². The van der Waals surface area contributed by atoms with Gasteiger partial charge < -0.3 is 10.1 Å². The summed E-state index contributed by atoms with van der Waals surface area (Å²) in [6, 6.07) is 14.6. The fraction of sp³-hybridized carbons (Fsp3) is 0.211. The van der Waals surface area contributed by atoms with Gasteiger partial charge in [0.1, 0.15) is 22.7 Å². The molecule has 1 aliphatic heterocycles. The summed E-state index contributed by atoms with van der Waals surface area (Å²) in [7, 11) is 0. The standard InChI is InChI=1S/C19H17ClN2O3S/c1-12-7-8-13(9-15(12)20)21-17(23)10-16-19(24)22-18(26-16)11-25-14-5-3-2-4-6-14/h2-9,16H,10-11H2,1H3,(H,21,23)/t16-/m1/s1. The van der Waals surface area contributed by atoms with E-state index in [2.05, 4.69) is 10.3 Å². The van der Waals surface area contributed by atoms with Crippen LogP contribution in [0.4, 0.5) is 5.69 Å². The molecule has 0 aliphatic carbocycles. The molecule has 0 spiro atoms. The Kier molecular flexibility index (Phi) is 5.96. The molecule has 134 valence electrons. The Bertz CT molecular complexity index is 855. The highest BCUT2D eigenvalue weighted by Gasteiger charge is 2.30. The lowest BCUT2D eigenvalue weighted by Gasteiger charge is -2.10. The summed E-state index contributed by atoms with van der Waals surface area (Å²) in [5, 5.41) is 3.40. The number of hydrogen-bond acceptors (Lipinski definition) is 4. The van der Waals surface area contributed by atoms with Crippen molar-refractivity contribution in [3.8, 4) is 5.75 Å². The third kappa shape index (κ3) is 4.86. The number of anilines is 1. The molecule has 1 heterocycles. The molecule has 1 atom stereocenters. The molecule has 5 nitrogen and oxygen atoms in total. The molecule has 26 heavy (non-hydrogen) atoms. The third-order valence-corrected chi connectivity index (χ3v) is 5.26. The molecule has 0 aromatic heterocycles. The number of nitrogens with one attached hydrogen (secondary N) is 1. The lowest BCUT2D eigenvalue weighted by Crippen LogP contribution is -2.21. The van der Waals surface area contributed by atoms with Gasteiger partial charge in [-0.15, -0.1) is 0 Å². The number of benzene rings is 2. The maximum Gasteiger partial charge on any atom is 0.260 e. The Morgan fingerprint density at radius 1 is 1.27 bits per heavy atom. The molecule has 0 unspecified atom stereocenters. The van der Waals surface area contributed by atoms with Crippen molar-refractivity contribution in [2.45, 2.75) is 18.6 Å². The number of amides is 2. The van der Waals surface area contributed by atoms with E-state index in [1.165, 1.54) is 11.8 Å². The van der Waals surface area contributed by atoms with Crippen LogP contribution in [0.3, 0.4) is 0 Å². The number of carbonyl (C=O) groups excluding carboxylic acids is 2. The highest BCUT2D eigenvalue weighted by Crippen LogP contribution is 2.27. The van der Waals surface area contributed by atoms with Gasteiger partial charge in [-0.25, -0.2) is 4.99 Å². The summed E-state index contributed by atoms with van der Waals surface area (Å²) >= 11 is 7.32. The first-order valence-electron chi connectivity index (χ1n) is 8.03. The second-order valence-electron chi connectivity index (χ2n) is 5.77. The van der Waals surface area contributed by atoms with Gasteiger partial charge in [-0.05, 0) is 36.8 Å². The van der Waals surface area contributed by atoms with Crippen molar-refractivity contribution in [2.24, 2.45) is 4.99 Å². The van der Waals surface area contributed by atoms with Gasteiger partial charge in [0.2, 0.25) is 5.91 Å². The van der Waals surface area contributed by atoms with E-state index in [1.807, 2.05) is 43.3 Å². The van der Waals surface area contributed by atoms with Crippen molar-refractivity contribution in [1.82, 2.24) is 0 Å². The monoisotopic (exact) mass is 388 g/mol. The maximum atomic E-state index is 12.2. The van der Waals surface area contributed by atoms with Crippen LogP contribution in [-0.4, -0.2) is 28.7 Å². The topological polar surface area (TPSA) is 67.8 Å². The van der Waals surface area contributed by atoms with Crippen molar-refractivity contribution in [3.63, 3.8) is 0 Å². The summed E-state index contributed by atoms with van der Waals surface area (Å²) in [6.07, 6.45) is 0.0489. The minimum absolute atomic E-state index is 0.0489. The van der Waals surface area contributed by atoms with Crippen LogP contribution in [0.1, 0.15) is 12.0 Å². The highest BCUT2D eigenvalue weighted by molar-refractivity contribution is 8.15. The number of thioether (sulfide) groups is 1. The first-order chi connectivity index (χ1) is 12.5. The molecule has 1 aliphatic rings. The Morgan fingerprint density at radius 3 is 2.77 bits per heavy atom. The maximum absolute atomic E-state index is 12.2. The van der Waals surface area contributed by atoms with Gasteiger partial charge in [-0.2, -0.15) is 0 Å². The molecule has 0 saturated carbocycles. The normalized spacial score (nSPS) is 16.3. The van der Waals surface area contributed by atoms with Crippen molar-refractivity contribution < 1.29 is 14.3 Å². The predicted molar refractivity (Wildman–Crippen MR) is 105 cm³/mol. The van der Waals surface area contributed by atoms with E-state index in [0.29, 0.717) is 21.5 Å². The number of hydrogen-bond donors (Lipinski definition) is 1. The molecule has 2 aromatic carbocycles. The Balaban J connectivity index is 1.50. The largest absolute Gasteiger partial charge is 0.487 e. The first kappa shape index (κ1) is 18.5. The summed E-state index contributed by atoms with van der Waals surface area (Å²) in [4.78, 5) is 28.2. The van der Waals surface area contributed by atoms with E-state index >= 15 is 0 Å². The quantitative estimate of drug-likeness (QED) is 0.809. The van der Waals surface area contributed by atoms with Crippen LogP contribution in [0.15, 0.2) is 53.5 Å². The Hall–Kier alpha value is -2.31. The van der Waals surface area contributed by atoms with Crippen LogP contribution in [0.5, 0.6) is 5.75 Å². The van der Waals surface area contributed by atoms with Crippen LogP contribution in [0, 0.1) is 6.92 Å². The van der Waals surface area contributed by atoms with Gasteiger partial charge in [0, 0.05) is 17.1 Å². The number of halogens is 1. The van der Waals surface area contributed by atoms with Crippen LogP contribution < -0.4 is 10.1 Å². The predicted octanol–water partition coefficient (Wildman–Crippen LogP) is 4.10. The van der Waals surface area contributed by atoms with Crippen molar-refractivity contribution >= 4 is 45.9 Å². The van der Waals surface area contributed by atoms with Crippen molar-refractivity contribution in [2.75, 3.05) is 11.9 Å². The average Bonchev–Trinajstić information content (AvgIpc) is 2.97. The lowest BCUT2D eigenvalue weighted by atomic mass is 10.2. The Labute approximate surface area is 160 Å². The summed E-state index contributed by atoms with van der Waals surface area (Å²) in [6.45, 7) is 2.10. The molecular weight excluding hydrogens is 372 g/mol. The number of aliphatic imine (C=N–C) groups is 1. The lowest BCUT2D eigenvalue weighted by molar-refractivity contribution is -0.121. The molecule has 2 aromatic rings. The van der Waals surface area contributed by atoms with Gasteiger partial charge in [0.15, 0.2) is 0 Å². The molecule has 1 N–H and O–H groups in total. The van der Waals surface area contributed by atoms with Gasteiger partial charge in [-0.1, -0.05) is 47.6 Å². The first-order valence-corrected chi connectivity index (χ1v) is 9.29. The molecule has 3 rings (SSSR count). The van der Waals surface area contributed by atoms with Crippen molar-refractivity contribution in [1.29, 1.82) is 0 Å². The van der Waals surface area contributed by atoms with Crippen LogP contribution in [0.2, 0.25) is 5.02 Å². The molecule has 2 amide bonds. The molecular formula is C19H17ClN2O3S. The zero-order chi connectivity index (χ0) is 18.5. The number of ether oxygens (including phenoxy) is 1. The zero-order valence-corrected chi connectivity index (χ0v) is 15.6. The van der Waals surface area contributed by atoms with E-state index in [4.69, 9.17) is 16.3 Å². The summed E-state index contributed by atoms with van der Waals surface area (Å²) < 4.78 is 5.59. The minimum Gasteiger partial charge on any atom is -0.487 e. The third-order valence-electron chi connectivity index (χ3n) is 3.72. The van der Waals surface area contributed by atoms with Crippen LogP contribution in [0.25, 0.3) is 0 Å². The van der Waals surface area contributed by atoms with Gasteiger partial charge in [0.25, 0.3) is 5.91 Å². The fourth-order valence-electron chi connectivity index (χ4n) is 2.34. The van der Waals surface area contributed by atoms with Crippen molar-refractivity contribution in [3.05, 3.63) is 59.1 Å². The second-order valence-corrected chi connectivity index (χ2v) is 7.45.